The summed E-state index contributed by atoms with van der Waals surface area (Å²) in [5, 5.41) is 0. The van der Waals surface area contributed by atoms with Crippen LogP contribution in [0.25, 0.3) is 0 Å². The number of aromatic nitrogens is 2. The predicted octanol–water partition coefficient (Wildman–Crippen LogP) is 1.11. The maximum absolute atomic E-state index is 12.9. The summed E-state index contributed by atoms with van der Waals surface area (Å²) >= 11 is 0. The highest BCUT2D eigenvalue weighted by Gasteiger charge is 2.43. The van der Waals surface area contributed by atoms with Crippen molar-refractivity contribution in [1.29, 1.82) is 0 Å². The largest absolute Gasteiger partial charge is 0.378 e. The second-order valence-corrected chi connectivity index (χ2v) is 8.05. The van der Waals surface area contributed by atoms with E-state index in [4.69, 9.17) is 4.74 Å². The molecule has 27 heavy (non-hydrogen) atoms. The molecule has 3 aliphatic heterocycles. The van der Waals surface area contributed by atoms with Crippen LogP contribution in [0.3, 0.4) is 0 Å². The Morgan fingerprint density at radius 2 is 2.04 bits per heavy atom. The molecule has 1 aromatic heterocycles. The fraction of sp³-hybridized carbons (Fsp3) is 0.737. The molecule has 3 fully saturated rings. The van der Waals surface area contributed by atoms with Gasteiger partial charge in [-0.2, -0.15) is 0 Å². The van der Waals surface area contributed by atoms with E-state index in [1.165, 1.54) is 0 Å². The number of rotatable bonds is 3. The number of nitrogens with one attached hydrogen (secondary N) is 1. The minimum Gasteiger partial charge on any atom is -0.378 e. The molecule has 1 N–H and O–H groups in total. The van der Waals surface area contributed by atoms with Crippen LogP contribution >= 0.6 is 0 Å². The summed E-state index contributed by atoms with van der Waals surface area (Å²) in [4.78, 5) is 38.4. The minimum atomic E-state index is 0.0437. The van der Waals surface area contributed by atoms with Gasteiger partial charge in [0.2, 0.25) is 5.91 Å². The molecule has 1 aromatic rings. The third-order valence-corrected chi connectivity index (χ3v) is 6.17. The summed E-state index contributed by atoms with van der Waals surface area (Å²) in [5.74, 6) is 0.233. The number of hydrogen-bond acceptors (Lipinski definition) is 4. The Kier molecular flexibility index (Phi) is 5.33. The van der Waals surface area contributed by atoms with E-state index >= 15 is 0 Å². The van der Waals surface area contributed by atoms with Crippen LogP contribution in [0.1, 0.15) is 31.4 Å². The van der Waals surface area contributed by atoms with Gasteiger partial charge in [-0.05, 0) is 19.3 Å². The first-order valence-electron chi connectivity index (χ1n) is 10.0. The fourth-order valence-corrected chi connectivity index (χ4v) is 4.64. The van der Waals surface area contributed by atoms with Crippen molar-refractivity contribution in [2.75, 3.05) is 52.5 Å². The number of urea groups is 1. The first-order chi connectivity index (χ1) is 13.2. The third-order valence-electron chi connectivity index (χ3n) is 6.17. The second-order valence-electron chi connectivity index (χ2n) is 8.05. The molecular weight excluding hydrogens is 346 g/mol. The molecule has 3 amide bonds. The summed E-state index contributed by atoms with van der Waals surface area (Å²) in [6.07, 6.45) is 7.85. The average molecular weight is 375 g/mol. The van der Waals surface area contributed by atoms with Crippen molar-refractivity contribution in [3.05, 3.63) is 18.2 Å². The number of hydrogen-bond donors (Lipinski definition) is 1. The quantitative estimate of drug-likeness (QED) is 0.858. The minimum absolute atomic E-state index is 0.0437. The molecule has 8 heteroatoms. The van der Waals surface area contributed by atoms with Crippen molar-refractivity contribution in [2.45, 2.75) is 32.1 Å². The fourth-order valence-electron chi connectivity index (χ4n) is 4.64. The monoisotopic (exact) mass is 375 g/mol. The normalized spacial score (nSPS) is 26.7. The van der Waals surface area contributed by atoms with Gasteiger partial charge in [-0.1, -0.05) is 0 Å². The van der Waals surface area contributed by atoms with Crippen molar-refractivity contribution in [1.82, 2.24) is 24.7 Å². The number of carbonyl (C=O) groups excluding carboxylic acids is 2. The number of nitrogens with zero attached hydrogens (tertiary/aromatic N) is 4. The highest BCUT2D eigenvalue weighted by atomic mass is 16.5. The van der Waals surface area contributed by atoms with Crippen LogP contribution in [0.15, 0.2) is 12.5 Å². The number of piperidine rings is 2. The van der Waals surface area contributed by atoms with Gasteiger partial charge < -0.3 is 24.4 Å². The van der Waals surface area contributed by atoms with Gasteiger partial charge in [-0.3, -0.25) is 4.79 Å². The lowest BCUT2D eigenvalue weighted by atomic mass is 9.73. The van der Waals surface area contributed by atoms with Crippen LogP contribution in [-0.2, 0) is 16.0 Å². The molecule has 3 aliphatic rings. The molecule has 0 aliphatic carbocycles. The topological polar surface area (TPSA) is 81.8 Å². The number of morpholine rings is 1. The summed E-state index contributed by atoms with van der Waals surface area (Å²) in [6.45, 7) is 5.65. The third kappa shape index (κ3) is 4.10. The Bertz CT molecular complexity index is 658. The summed E-state index contributed by atoms with van der Waals surface area (Å²) < 4.78 is 5.37. The van der Waals surface area contributed by atoms with Crippen LogP contribution in [-0.4, -0.2) is 89.1 Å². The smallest absolute Gasteiger partial charge is 0.320 e. The highest BCUT2D eigenvalue weighted by molar-refractivity contribution is 5.77. The molecule has 0 saturated carbocycles. The lowest BCUT2D eigenvalue weighted by Crippen LogP contribution is -2.58. The Balaban J connectivity index is 1.38. The lowest BCUT2D eigenvalue weighted by Gasteiger charge is -2.49. The molecule has 148 valence electrons. The van der Waals surface area contributed by atoms with Gasteiger partial charge in [0.15, 0.2) is 0 Å². The van der Waals surface area contributed by atoms with E-state index in [1.54, 1.807) is 6.33 Å². The van der Waals surface area contributed by atoms with Gasteiger partial charge in [0.25, 0.3) is 0 Å². The van der Waals surface area contributed by atoms with E-state index in [2.05, 4.69) is 9.97 Å². The molecule has 0 unspecified atom stereocenters. The van der Waals surface area contributed by atoms with Crippen LogP contribution < -0.4 is 0 Å². The van der Waals surface area contributed by atoms with Crippen molar-refractivity contribution >= 4 is 11.9 Å². The summed E-state index contributed by atoms with van der Waals surface area (Å²) in [5.41, 5.74) is 1.09. The van der Waals surface area contributed by atoms with Crippen molar-refractivity contribution in [3.63, 3.8) is 0 Å². The van der Waals surface area contributed by atoms with Crippen molar-refractivity contribution < 1.29 is 14.3 Å². The van der Waals surface area contributed by atoms with Gasteiger partial charge in [0, 0.05) is 69.4 Å². The van der Waals surface area contributed by atoms with Crippen LogP contribution in [0, 0.1) is 5.41 Å². The van der Waals surface area contributed by atoms with Crippen LogP contribution in [0.4, 0.5) is 4.79 Å². The standard InChI is InChI=1S/C19H29N5O3/c25-17-2-5-19(13-23(17)7-3-16-12-20-15-21-16)4-1-6-24(14-19)18(26)22-8-10-27-11-9-22/h12,15H,1-11,13-14H2,(H,20,21)/t19-/m1/s1. The highest BCUT2D eigenvalue weighted by Crippen LogP contribution is 2.39. The van der Waals surface area contributed by atoms with E-state index in [0.717, 1.165) is 51.0 Å². The number of carbonyl (C=O) groups is 2. The molecule has 3 saturated heterocycles. The maximum atomic E-state index is 12.9. The molecule has 4 heterocycles. The maximum Gasteiger partial charge on any atom is 0.320 e. The number of aromatic amines is 1. The number of ether oxygens (including phenoxy) is 1. The first kappa shape index (κ1) is 18.3. The van der Waals surface area contributed by atoms with Gasteiger partial charge in [0.1, 0.15) is 0 Å². The molecule has 0 bridgehead atoms. The number of likely N-dealkylation sites (tertiary alicyclic amines) is 2. The summed E-state index contributed by atoms with van der Waals surface area (Å²) in [6, 6.07) is 0.137. The predicted molar refractivity (Wildman–Crippen MR) is 99.1 cm³/mol. The van der Waals surface area contributed by atoms with Gasteiger partial charge in [0.05, 0.1) is 19.5 Å². The van der Waals surface area contributed by atoms with Crippen molar-refractivity contribution in [2.24, 2.45) is 5.41 Å². The molecule has 4 rings (SSSR count). The van der Waals surface area contributed by atoms with E-state index < -0.39 is 0 Å². The average Bonchev–Trinajstić information content (AvgIpc) is 3.23. The SMILES string of the molecule is O=C1CC[C@]2(CCCN(C(=O)N3CCOCC3)C2)CN1CCc1cnc[nH]1. The van der Waals surface area contributed by atoms with Gasteiger partial charge in [-0.15, -0.1) is 0 Å². The Labute approximate surface area is 159 Å². The second kappa shape index (κ2) is 7.88. The Hall–Kier alpha value is -2.09. The summed E-state index contributed by atoms with van der Waals surface area (Å²) in [7, 11) is 0. The zero-order chi connectivity index (χ0) is 18.7. The molecule has 0 aromatic carbocycles. The number of imidazole rings is 1. The molecule has 0 radical (unpaired) electrons. The van der Waals surface area contributed by atoms with Crippen molar-refractivity contribution in [3.8, 4) is 0 Å². The number of H-pyrrole nitrogens is 1. The zero-order valence-electron chi connectivity index (χ0n) is 15.9. The first-order valence-corrected chi connectivity index (χ1v) is 10.0. The molecule has 1 spiro atoms. The van der Waals surface area contributed by atoms with E-state index in [-0.39, 0.29) is 17.4 Å². The van der Waals surface area contributed by atoms with E-state index in [1.807, 2.05) is 20.9 Å². The lowest BCUT2D eigenvalue weighted by molar-refractivity contribution is -0.139. The van der Waals surface area contributed by atoms with Gasteiger partial charge >= 0.3 is 6.03 Å². The van der Waals surface area contributed by atoms with Crippen LogP contribution in [0.2, 0.25) is 0 Å². The van der Waals surface area contributed by atoms with E-state index in [0.29, 0.717) is 39.3 Å². The van der Waals surface area contributed by atoms with Gasteiger partial charge in [-0.25, -0.2) is 9.78 Å². The molecule has 1 atom stereocenters. The van der Waals surface area contributed by atoms with E-state index in [9.17, 15) is 9.59 Å². The molecule has 8 nitrogen and oxygen atoms in total. The zero-order valence-corrected chi connectivity index (χ0v) is 15.9. The van der Waals surface area contributed by atoms with Crippen LogP contribution in [0.5, 0.6) is 0 Å². The Morgan fingerprint density at radius 1 is 1.19 bits per heavy atom. The Morgan fingerprint density at radius 3 is 2.81 bits per heavy atom. The molecular formula is C19H29N5O3. The number of amides is 3.